The van der Waals surface area contributed by atoms with Crippen LogP contribution in [0.5, 0.6) is 0 Å². The van der Waals surface area contributed by atoms with Gasteiger partial charge in [-0.3, -0.25) is 4.79 Å². The number of hydrogen-bond acceptors (Lipinski definition) is 6. The van der Waals surface area contributed by atoms with Crippen molar-refractivity contribution in [3.63, 3.8) is 0 Å². The van der Waals surface area contributed by atoms with Crippen LogP contribution in [0.3, 0.4) is 0 Å². The highest BCUT2D eigenvalue weighted by Gasteiger charge is 2.38. The number of amides is 1. The lowest BCUT2D eigenvalue weighted by Gasteiger charge is -2.08. The maximum absolute atomic E-state index is 12.6. The first-order valence-corrected chi connectivity index (χ1v) is 9.79. The van der Waals surface area contributed by atoms with E-state index in [4.69, 9.17) is 16.4 Å². The smallest absolute Gasteiger partial charge is 0.391 e. The summed E-state index contributed by atoms with van der Waals surface area (Å²) in [5.41, 5.74) is 1.50. The number of aromatic nitrogens is 2. The van der Waals surface area contributed by atoms with E-state index in [-0.39, 0.29) is 29.8 Å². The zero-order valence-electron chi connectivity index (χ0n) is 16.8. The summed E-state index contributed by atoms with van der Waals surface area (Å²) in [5, 5.41) is 10.6. The number of rotatable bonds is 8. The molecule has 0 saturated heterocycles. The third-order valence-corrected chi connectivity index (χ3v) is 4.40. The van der Waals surface area contributed by atoms with E-state index in [1.54, 1.807) is 18.3 Å². The number of carbonyl (C=O) groups is 1. The third kappa shape index (κ3) is 6.55. The van der Waals surface area contributed by atoms with Gasteiger partial charge in [0.15, 0.2) is 0 Å². The summed E-state index contributed by atoms with van der Waals surface area (Å²) in [5.74, 6) is -2.09. The zero-order chi connectivity index (χ0) is 23.1. The molecule has 2 aromatic carbocycles. The van der Waals surface area contributed by atoms with Crippen LogP contribution in [0.25, 0.3) is 11.4 Å². The van der Waals surface area contributed by atoms with Crippen molar-refractivity contribution in [3.8, 4) is 11.4 Å². The van der Waals surface area contributed by atoms with Crippen molar-refractivity contribution in [2.24, 2.45) is 11.1 Å². The fourth-order valence-electron chi connectivity index (χ4n) is 2.52. The van der Waals surface area contributed by atoms with Crippen LogP contribution < -0.4 is 5.32 Å². The van der Waals surface area contributed by atoms with Crippen molar-refractivity contribution in [1.29, 1.82) is 0 Å². The number of oxime groups is 1. The molecule has 1 atom stereocenters. The van der Waals surface area contributed by atoms with E-state index in [0.29, 0.717) is 17.1 Å². The van der Waals surface area contributed by atoms with Gasteiger partial charge < -0.3 is 14.7 Å². The Morgan fingerprint density at radius 1 is 1.28 bits per heavy atom. The quantitative estimate of drug-likeness (QED) is 0.373. The van der Waals surface area contributed by atoms with Gasteiger partial charge in [0.05, 0.1) is 0 Å². The van der Waals surface area contributed by atoms with Crippen LogP contribution in [0.4, 0.5) is 13.2 Å². The molecule has 1 aromatic heterocycles. The Labute approximate surface area is 186 Å². The summed E-state index contributed by atoms with van der Waals surface area (Å²) in [4.78, 5) is 20.8. The summed E-state index contributed by atoms with van der Waals surface area (Å²) < 4.78 is 41.9. The Bertz CT molecular complexity index is 1080. The van der Waals surface area contributed by atoms with Gasteiger partial charge in [0, 0.05) is 34.8 Å². The molecular weight excluding hydrogens is 449 g/mol. The van der Waals surface area contributed by atoms with Gasteiger partial charge in [0.1, 0.15) is 6.61 Å². The minimum Gasteiger partial charge on any atom is -0.391 e. The molecule has 3 aromatic rings. The van der Waals surface area contributed by atoms with Crippen molar-refractivity contribution >= 4 is 23.7 Å². The molecule has 0 fully saturated rings. The van der Waals surface area contributed by atoms with Crippen LogP contribution in [0.1, 0.15) is 28.7 Å². The maximum atomic E-state index is 12.6. The molecule has 11 heteroatoms. The zero-order valence-corrected chi connectivity index (χ0v) is 17.5. The molecule has 0 aliphatic carbocycles. The van der Waals surface area contributed by atoms with Crippen molar-refractivity contribution in [2.45, 2.75) is 19.7 Å². The van der Waals surface area contributed by atoms with E-state index in [2.05, 4.69) is 25.1 Å². The number of halogens is 4. The molecule has 32 heavy (non-hydrogen) atoms. The Kier molecular flexibility index (Phi) is 7.47. The average Bonchev–Trinajstić information content (AvgIpc) is 3.26. The second kappa shape index (κ2) is 10.3. The minimum atomic E-state index is -4.72. The third-order valence-electron chi connectivity index (χ3n) is 4.17. The van der Waals surface area contributed by atoms with Crippen LogP contribution in [0.15, 0.2) is 58.2 Å². The van der Waals surface area contributed by atoms with E-state index in [9.17, 15) is 18.0 Å². The van der Waals surface area contributed by atoms with Gasteiger partial charge >= 0.3 is 12.1 Å². The number of alkyl halides is 3. The first-order chi connectivity index (χ1) is 15.2. The number of carbonyl (C=O) groups excluding carboxylic acids is 1. The second-order valence-electron chi connectivity index (χ2n) is 6.84. The molecule has 3 rings (SSSR count). The Hall–Kier alpha value is -3.40. The topological polar surface area (TPSA) is 89.6 Å². The predicted molar refractivity (Wildman–Crippen MR) is 111 cm³/mol. The summed E-state index contributed by atoms with van der Waals surface area (Å²) in [6, 6.07) is 13.0. The van der Waals surface area contributed by atoms with Gasteiger partial charge in [-0.1, -0.05) is 53.1 Å². The first-order valence-electron chi connectivity index (χ1n) is 9.42. The van der Waals surface area contributed by atoms with Gasteiger partial charge in [0.25, 0.3) is 5.91 Å². The van der Waals surface area contributed by atoms with Crippen molar-refractivity contribution in [3.05, 3.63) is 70.6 Å². The molecule has 0 radical (unpaired) electrons. The first kappa shape index (κ1) is 23.3. The minimum absolute atomic E-state index is 0.0993. The van der Waals surface area contributed by atoms with E-state index >= 15 is 0 Å². The monoisotopic (exact) mass is 466 g/mol. The predicted octanol–water partition coefficient (Wildman–Crippen LogP) is 4.98. The van der Waals surface area contributed by atoms with E-state index in [0.717, 1.165) is 5.56 Å². The van der Waals surface area contributed by atoms with E-state index in [1.165, 1.54) is 24.3 Å². The largest absolute Gasteiger partial charge is 0.471 e. The molecule has 1 unspecified atom stereocenters. The molecule has 1 N–H and O–H groups in total. The lowest BCUT2D eigenvalue weighted by molar-refractivity contribution is -0.159. The molecular formula is C21H18ClF3N4O3. The van der Waals surface area contributed by atoms with Gasteiger partial charge in [0.2, 0.25) is 5.82 Å². The molecule has 168 valence electrons. The molecule has 7 nitrogen and oxygen atoms in total. The van der Waals surface area contributed by atoms with Crippen LogP contribution in [0.2, 0.25) is 5.02 Å². The summed E-state index contributed by atoms with van der Waals surface area (Å²) in [7, 11) is 0. The van der Waals surface area contributed by atoms with Gasteiger partial charge in [-0.2, -0.15) is 18.2 Å². The fraction of sp³-hybridized carbons (Fsp3) is 0.238. The van der Waals surface area contributed by atoms with E-state index in [1.807, 2.05) is 19.1 Å². The lowest BCUT2D eigenvalue weighted by atomic mass is 10.1. The highest BCUT2D eigenvalue weighted by molar-refractivity contribution is 6.30. The van der Waals surface area contributed by atoms with E-state index < -0.39 is 12.1 Å². The van der Waals surface area contributed by atoms with Crippen molar-refractivity contribution in [1.82, 2.24) is 15.5 Å². The molecule has 0 aliphatic heterocycles. The number of benzene rings is 2. The molecule has 1 heterocycles. The van der Waals surface area contributed by atoms with Crippen molar-refractivity contribution in [2.75, 3.05) is 6.54 Å². The normalized spacial score (nSPS) is 12.7. The van der Waals surface area contributed by atoms with Crippen LogP contribution in [-0.4, -0.2) is 28.8 Å². The second-order valence-corrected chi connectivity index (χ2v) is 7.28. The van der Waals surface area contributed by atoms with Crippen LogP contribution >= 0.6 is 11.6 Å². The average molecular weight is 467 g/mol. The molecule has 0 aliphatic rings. The Balaban J connectivity index is 1.46. The standard InChI is InChI=1S/C21H18ClF3N4O3/c1-13(11-27-31-12-14-3-2-4-17(22)9-14)10-26-19(30)16-7-5-15(6-8-16)18-28-20(32-29-18)21(23,24)25/h2-9,11,13H,10,12H2,1H3,(H,26,30)/b27-11-. The number of hydrogen-bond donors (Lipinski definition) is 1. The molecule has 0 saturated carbocycles. The van der Waals surface area contributed by atoms with Crippen molar-refractivity contribution < 1.29 is 27.3 Å². The van der Waals surface area contributed by atoms with Gasteiger partial charge in [-0.15, -0.1) is 0 Å². The highest BCUT2D eigenvalue weighted by Crippen LogP contribution is 2.29. The summed E-state index contributed by atoms with van der Waals surface area (Å²) in [6.45, 7) is 2.43. The molecule has 0 bridgehead atoms. The fourth-order valence-corrected chi connectivity index (χ4v) is 2.73. The Morgan fingerprint density at radius 3 is 2.69 bits per heavy atom. The summed E-state index contributed by atoms with van der Waals surface area (Å²) in [6.07, 6.45) is -3.15. The lowest BCUT2D eigenvalue weighted by Crippen LogP contribution is -2.28. The SMILES string of the molecule is CC(/C=N\OCc1cccc(Cl)c1)CNC(=O)c1ccc(-c2noc(C(F)(F)F)n2)cc1. The highest BCUT2D eigenvalue weighted by atomic mass is 35.5. The van der Waals surface area contributed by atoms with Crippen LogP contribution in [0, 0.1) is 5.92 Å². The Morgan fingerprint density at radius 2 is 2.03 bits per heavy atom. The van der Waals surface area contributed by atoms with Gasteiger partial charge in [-0.25, -0.2) is 0 Å². The molecule has 0 spiro atoms. The molecule has 1 amide bonds. The number of nitrogens with zero attached hydrogens (tertiary/aromatic N) is 3. The summed E-state index contributed by atoms with van der Waals surface area (Å²) >= 11 is 5.90. The number of nitrogens with one attached hydrogen (secondary N) is 1. The maximum Gasteiger partial charge on any atom is 0.471 e. The van der Waals surface area contributed by atoms with Crippen LogP contribution in [-0.2, 0) is 17.6 Å². The van der Waals surface area contributed by atoms with Gasteiger partial charge in [-0.05, 0) is 29.8 Å².